The summed E-state index contributed by atoms with van der Waals surface area (Å²) in [7, 11) is 0. The first-order valence-electron chi connectivity index (χ1n) is 7.51. The molecule has 2 heterocycles. The molecule has 2 aromatic rings. The van der Waals surface area contributed by atoms with Gasteiger partial charge in [0.1, 0.15) is 12.4 Å². The Hall–Kier alpha value is -1.56. The minimum atomic E-state index is 0. The van der Waals surface area contributed by atoms with Crippen molar-refractivity contribution in [1.29, 1.82) is 0 Å². The van der Waals surface area contributed by atoms with Gasteiger partial charge in [-0.2, -0.15) is 0 Å². The number of ether oxygens (including phenoxy) is 1. The first-order chi connectivity index (χ1) is 10.7. The molecular formula is C17H21ClN2O2S. The quantitative estimate of drug-likeness (QED) is 0.918. The molecule has 124 valence electrons. The van der Waals surface area contributed by atoms with Crippen LogP contribution in [0.4, 0.5) is 0 Å². The van der Waals surface area contributed by atoms with Crippen LogP contribution in [0.15, 0.2) is 41.8 Å². The Morgan fingerprint density at radius 2 is 2.26 bits per heavy atom. The van der Waals surface area contributed by atoms with Crippen LogP contribution in [0.25, 0.3) is 0 Å². The van der Waals surface area contributed by atoms with Gasteiger partial charge in [-0.05, 0) is 36.6 Å². The average molecular weight is 353 g/mol. The van der Waals surface area contributed by atoms with E-state index >= 15 is 0 Å². The van der Waals surface area contributed by atoms with Gasteiger partial charge in [0, 0.05) is 36.1 Å². The highest BCUT2D eigenvalue weighted by molar-refractivity contribution is 7.09. The zero-order chi connectivity index (χ0) is 15.4. The van der Waals surface area contributed by atoms with E-state index in [0.29, 0.717) is 12.2 Å². The monoisotopic (exact) mass is 352 g/mol. The number of hydrogen-bond donors (Lipinski definition) is 1. The number of nitrogens with zero attached hydrogens (tertiary/aromatic N) is 1. The molecule has 23 heavy (non-hydrogen) atoms. The zero-order valence-electron chi connectivity index (χ0n) is 13.0. The van der Waals surface area contributed by atoms with Crippen molar-refractivity contribution >= 4 is 29.7 Å². The Labute approximate surface area is 146 Å². The van der Waals surface area contributed by atoms with Gasteiger partial charge in [-0.1, -0.05) is 12.1 Å². The first kappa shape index (κ1) is 17.8. The molecule has 0 radical (unpaired) electrons. The average Bonchev–Trinajstić information content (AvgIpc) is 3.06. The zero-order valence-corrected chi connectivity index (χ0v) is 14.7. The third-order valence-electron chi connectivity index (χ3n) is 3.80. The molecule has 1 saturated heterocycles. The highest BCUT2D eigenvalue weighted by atomic mass is 35.5. The number of nitrogens with one attached hydrogen (secondary N) is 1. The van der Waals surface area contributed by atoms with Gasteiger partial charge in [-0.15, -0.1) is 23.7 Å². The van der Waals surface area contributed by atoms with Crippen LogP contribution in [0.3, 0.4) is 0 Å². The molecule has 1 aliphatic rings. The van der Waals surface area contributed by atoms with Crippen molar-refractivity contribution in [2.45, 2.75) is 19.6 Å². The fourth-order valence-corrected chi connectivity index (χ4v) is 3.19. The summed E-state index contributed by atoms with van der Waals surface area (Å²) >= 11 is 1.67. The molecular weight excluding hydrogens is 332 g/mol. The lowest BCUT2D eigenvalue weighted by Crippen LogP contribution is -2.52. The third-order valence-corrected chi connectivity index (χ3v) is 4.65. The molecule has 0 bridgehead atoms. The molecule has 1 fully saturated rings. The first-order valence-corrected chi connectivity index (χ1v) is 8.39. The van der Waals surface area contributed by atoms with Crippen molar-refractivity contribution in [2.24, 2.45) is 0 Å². The molecule has 4 nitrogen and oxygen atoms in total. The predicted octanol–water partition coefficient (Wildman–Crippen LogP) is 3.18. The molecule has 1 atom stereocenters. The Balaban J connectivity index is 0.00000192. The Bertz CT molecular complexity index is 633. The van der Waals surface area contributed by atoms with Crippen LogP contribution in [-0.4, -0.2) is 36.5 Å². The molecule has 3 rings (SSSR count). The van der Waals surface area contributed by atoms with Gasteiger partial charge in [-0.3, -0.25) is 4.79 Å². The Kier molecular flexibility index (Phi) is 6.45. The molecule has 0 aliphatic carbocycles. The van der Waals surface area contributed by atoms with Gasteiger partial charge < -0.3 is 15.0 Å². The standard InChI is InChI=1S/C17H20N2O2S.ClH/c1-13-11-18-7-8-19(13)17(20)14-4-2-5-15(10-14)21-12-16-6-3-9-22-16;/h2-6,9-10,13,18H,7-8,11-12H2,1H3;1H/t13-;/m1./s1. The summed E-state index contributed by atoms with van der Waals surface area (Å²) in [6.07, 6.45) is 0. The van der Waals surface area contributed by atoms with E-state index in [1.165, 1.54) is 4.88 Å². The molecule has 1 N–H and O–H groups in total. The molecule has 1 aromatic heterocycles. The smallest absolute Gasteiger partial charge is 0.254 e. The molecule has 0 spiro atoms. The fraction of sp³-hybridized carbons (Fsp3) is 0.353. The van der Waals surface area contributed by atoms with Gasteiger partial charge in [0.2, 0.25) is 0 Å². The van der Waals surface area contributed by atoms with E-state index in [9.17, 15) is 4.79 Å². The number of amides is 1. The third kappa shape index (κ3) is 4.47. The summed E-state index contributed by atoms with van der Waals surface area (Å²) in [4.78, 5) is 15.7. The molecule has 0 unspecified atom stereocenters. The van der Waals surface area contributed by atoms with Crippen LogP contribution in [0.1, 0.15) is 22.2 Å². The van der Waals surface area contributed by atoms with E-state index in [4.69, 9.17) is 4.74 Å². The van der Waals surface area contributed by atoms with Crippen LogP contribution in [0.2, 0.25) is 0 Å². The number of benzene rings is 1. The highest BCUT2D eigenvalue weighted by Crippen LogP contribution is 2.19. The number of carbonyl (C=O) groups excluding carboxylic acids is 1. The molecule has 6 heteroatoms. The molecule has 0 saturated carbocycles. The second kappa shape index (κ2) is 8.34. The van der Waals surface area contributed by atoms with Gasteiger partial charge in [0.25, 0.3) is 5.91 Å². The van der Waals surface area contributed by atoms with Gasteiger partial charge in [-0.25, -0.2) is 0 Å². The van der Waals surface area contributed by atoms with Crippen LogP contribution >= 0.6 is 23.7 Å². The summed E-state index contributed by atoms with van der Waals surface area (Å²) in [6.45, 7) is 5.06. The number of halogens is 1. The van der Waals surface area contributed by atoms with E-state index in [1.807, 2.05) is 46.7 Å². The van der Waals surface area contributed by atoms with E-state index < -0.39 is 0 Å². The normalized spacial score (nSPS) is 17.4. The summed E-state index contributed by atoms with van der Waals surface area (Å²) in [5, 5.41) is 5.33. The van der Waals surface area contributed by atoms with Crippen molar-refractivity contribution in [3.8, 4) is 5.75 Å². The summed E-state index contributed by atoms with van der Waals surface area (Å²) in [5.41, 5.74) is 0.692. The number of carbonyl (C=O) groups is 1. The van der Waals surface area contributed by atoms with Gasteiger partial charge >= 0.3 is 0 Å². The second-order valence-electron chi connectivity index (χ2n) is 5.45. The van der Waals surface area contributed by atoms with Crippen molar-refractivity contribution in [1.82, 2.24) is 10.2 Å². The summed E-state index contributed by atoms with van der Waals surface area (Å²) in [5.74, 6) is 0.817. The van der Waals surface area contributed by atoms with Gasteiger partial charge in [0.05, 0.1) is 0 Å². The summed E-state index contributed by atoms with van der Waals surface area (Å²) in [6, 6.07) is 11.7. The second-order valence-corrected chi connectivity index (χ2v) is 6.48. The maximum absolute atomic E-state index is 12.6. The maximum atomic E-state index is 12.6. The molecule has 1 amide bonds. The number of thiophene rings is 1. The van der Waals surface area contributed by atoms with Crippen LogP contribution in [-0.2, 0) is 6.61 Å². The molecule has 1 aliphatic heterocycles. The van der Waals surface area contributed by atoms with Crippen molar-refractivity contribution in [3.63, 3.8) is 0 Å². The number of hydrogen-bond acceptors (Lipinski definition) is 4. The lowest BCUT2D eigenvalue weighted by molar-refractivity contribution is 0.0655. The topological polar surface area (TPSA) is 41.6 Å². The minimum absolute atomic E-state index is 0. The summed E-state index contributed by atoms with van der Waals surface area (Å²) < 4.78 is 5.78. The number of piperazine rings is 1. The van der Waals surface area contributed by atoms with E-state index in [-0.39, 0.29) is 24.4 Å². The predicted molar refractivity (Wildman–Crippen MR) is 95.7 cm³/mol. The maximum Gasteiger partial charge on any atom is 0.254 e. The SMILES string of the molecule is C[C@@H]1CNCCN1C(=O)c1cccc(OCc2cccs2)c1.Cl. The van der Waals surface area contributed by atoms with Crippen molar-refractivity contribution in [2.75, 3.05) is 19.6 Å². The van der Waals surface area contributed by atoms with Gasteiger partial charge in [0.15, 0.2) is 0 Å². The highest BCUT2D eigenvalue weighted by Gasteiger charge is 2.24. The lowest BCUT2D eigenvalue weighted by Gasteiger charge is -2.34. The number of rotatable bonds is 4. The van der Waals surface area contributed by atoms with E-state index in [1.54, 1.807) is 11.3 Å². The van der Waals surface area contributed by atoms with Crippen molar-refractivity contribution < 1.29 is 9.53 Å². The van der Waals surface area contributed by atoms with E-state index in [0.717, 1.165) is 25.4 Å². The van der Waals surface area contributed by atoms with Crippen LogP contribution in [0.5, 0.6) is 5.75 Å². The van der Waals surface area contributed by atoms with Crippen LogP contribution < -0.4 is 10.1 Å². The largest absolute Gasteiger partial charge is 0.488 e. The van der Waals surface area contributed by atoms with Crippen molar-refractivity contribution in [3.05, 3.63) is 52.2 Å². The Morgan fingerprint density at radius 1 is 1.39 bits per heavy atom. The lowest BCUT2D eigenvalue weighted by atomic mass is 10.1. The molecule has 1 aromatic carbocycles. The van der Waals surface area contributed by atoms with Crippen LogP contribution in [0, 0.1) is 0 Å². The van der Waals surface area contributed by atoms with E-state index in [2.05, 4.69) is 12.2 Å². The fourth-order valence-electron chi connectivity index (χ4n) is 2.58. The Morgan fingerprint density at radius 3 is 3.00 bits per heavy atom. The minimum Gasteiger partial charge on any atom is -0.488 e.